The van der Waals surface area contributed by atoms with Crippen molar-refractivity contribution in [2.24, 2.45) is 0 Å². The lowest BCUT2D eigenvalue weighted by molar-refractivity contribution is 0.478. The highest BCUT2D eigenvalue weighted by Crippen LogP contribution is 2.20. The highest BCUT2D eigenvalue weighted by Gasteiger charge is 2.14. The number of rotatable bonds is 3. The fourth-order valence-electron chi connectivity index (χ4n) is 2.57. The van der Waals surface area contributed by atoms with Gasteiger partial charge in [-0.2, -0.15) is 0 Å². The van der Waals surface area contributed by atoms with Crippen LogP contribution in [0.4, 0.5) is 10.2 Å². The lowest BCUT2D eigenvalue weighted by atomic mass is 10.1. The average molecular weight is 286 g/mol. The van der Waals surface area contributed by atoms with Gasteiger partial charge < -0.3 is 10.6 Å². The normalized spacial score (nSPS) is 15.9. The summed E-state index contributed by atoms with van der Waals surface area (Å²) >= 11 is 0. The molecule has 1 aromatic carbocycles. The van der Waals surface area contributed by atoms with E-state index in [0.29, 0.717) is 17.4 Å². The first kappa shape index (κ1) is 13.9. The fraction of sp³-hybridized carbons (Fsp3) is 0.375. The lowest BCUT2D eigenvalue weighted by Gasteiger charge is -2.24. The predicted molar refractivity (Wildman–Crippen MR) is 81.7 cm³/mol. The van der Waals surface area contributed by atoms with E-state index in [4.69, 9.17) is 0 Å². The second kappa shape index (κ2) is 6.18. The third-order valence-electron chi connectivity index (χ3n) is 3.63. The molecule has 0 aliphatic carbocycles. The third-order valence-corrected chi connectivity index (χ3v) is 3.63. The van der Waals surface area contributed by atoms with Crippen LogP contribution < -0.4 is 10.6 Å². The zero-order valence-corrected chi connectivity index (χ0v) is 12.1. The second-order valence-electron chi connectivity index (χ2n) is 5.40. The number of benzene rings is 1. The van der Waals surface area contributed by atoms with Crippen LogP contribution in [0.25, 0.3) is 11.4 Å². The van der Waals surface area contributed by atoms with Crippen molar-refractivity contribution in [3.63, 3.8) is 0 Å². The van der Waals surface area contributed by atoms with Crippen molar-refractivity contribution < 1.29 is 4.39 Å². The number of anilines is 1. The van der Waals surface area contributed by atoms with Gasteiger partial charge >= 0.3 is 0 Å². The van der Waals surface area contributed by atoms with Crippen molar-refractivity contribution in [1.29, 1.82) is 0 Å². The van der Waals surface area contributed by atoms with E-state index in [0.717, 1.165) is 37.4 Å². The lowest BCUT2D eigenvalue weighted by Crippen LogP contribution is -2.35. The molecule has 2 aromatic rings. The molecular formula is C16H19FN4. The SMILES string of the molecule is Cc1cc(NC2CCNCC2)nc(-c2cccc(F)c2)n1. The van der Waals surface area contributed by atoms with E-state index < -0.39 is 0 Å². The first-order chi connectivity index (χ1) is 10.2. The molecule has 0 bridgehead atoms. The number of hydrogen-bond donors (Lipinski definition) is 2. The van der Waals surface area contributed by atoms with Gasteiger partial charge in [0.25, 0.3) is 0 Å². The molecule has 2 N–H and O–H groups in total. The minimum atomic E-state index is -0.273. The van der Waals surface area contributed by atoms with E-state index >= 15 is 0 Å². The third kappa shape index (κ3) is 3.55. The van der Waals surface area contributed by atoms with E-state index in [-0.39, 0.29) is 5.82 Å². The molecule has 0 amide bonds. The number of nitrogens with zero attached hydrogens (tertiary/aromatic N) is 2. The van der Waals surface area contributed by atoms with Crippen LogP contribution in [0, 0.1) is 12.7 Å². The van der Waals surface area contributed by atoms with Crippen LogP contribution in [-0.2, 0) is 0 Å². The zero-order chi connectivity index (χ0) is 14.7. The molecule has 1 saturated heterocycles. The maximum atomic E-state index is 13.3. The highest BCUT2D eigenvalue weighted by molar-refractivity contribution is 5.57. The van der Waals surface area contributed by atoms with Crippen molar-refractivity contribution in [2.75, 3.05) is 18.4 Å². The van der Waals surface area contributed by atoms with Crippen molar-refractivity contribution >= 4 is 5.82 Å². The Morgan fingerprint density at radius 1 is 1.19 bits per heavy atom. The Kier molecular flexibility index (Phi) is 4.10. The van der Waals surface area contributed by atoms with Crippen LogP contribution in [-0.4, -0.2) is 29.1 Å². The summed E-state index contributed by atoms with van der Waals surface area (Å²) in [7, 11) is 0. The van der Waals surface area contributed by atoms with Gasteiger partial charge in [-0.25, -0.2) is 14.4 Å². The molecule has 0 saturated carbocycles. The summed E-state index contributed by atoms with van der Waals surface area (Å²) in [5.74, 6) is 1.10. The Hall–Kier alpha value is -2.01. The Balaban J connectivity index is 1.85. The van der Waals surface area contributed by atoms with Crippen molar-refractivity contribution in [1.82, 2.24) is 15.3 Å². The summed E-state index contributed by atoms with van der Waals surface area (Å²) < 4.78 is 13.3. The largest absolute Gasteiger partial charge is 0.367 e. The molecule has 1 aliphatic rings. The Morgan fingerprint density at radius 3 is 2.76 bits per heavy atom. The number of piperidine rings is 1. The van der Waals surface area contributed by atoms with Gasteiger partial charge in [0.05, 0.1) is 0 Å². The van der Waals surface area contributed by atoms with E-state index in [9.17, 15) is 4.39 Å². The smallest absolute Gasteiger partial charge is 0.161 e. The van der Waals surface area contributed by atoms with Gasteiger partial charge in [0, 0.05) is 23.4 Å². The molecule has 2 heterocycles. The molecule has 0 atom stereocenters. The van der Waals surface area contributed by atoms with Gasteiger partial charge in [0.2, 0.25) is 0 Å². The van der Waals surface area contributed by atoms with Gasteiger partial charge in [-0.15, -0.1) is 0 Å². The maximum absolute atomic E-state index is 13.3. The minimum absolute atomic E-state index is 0.273. The van der Waals surface area contributed by atoms with Crippen LogP contribution in [0.2, 0.25) is 0 Å². The van der Waals surface area contributed by atoms with Gasteiger partial charge in [0.15, 0.2) is 5.82 Å². The first-order valence-electron chi connectivity index (χ1n) is 7.29. The summed E-state index contributed by atoms with van der Waals surface area (Å²) in [4.78, 5) is 8.94. The van der Waals surface area contributed by atoms with Crippen LogP contribution >= 0.6 is 0 Å². The summed E-state index contributed by atoms with van der Waals surface area (Å²) in [6.45, 7) is 3.98. The molecule has 3 rings (SSSR count). The molecule has 1 fully saturated rings. The van der Waals surface area contributed by atoms with Gasteiger partial charge in [0.1, 0.15) is 11.6 Å². The van der Waals surface area contributed by atoms with Crippen molar-refractivity contribution in [3.05, 3.63) is 41.8 Å². The molecule has 4 nitrogen and oxygen atoms in total. The van der Waals surface area contributed by atoms with Crippen molar-refractivity contribution in [3.8, 4) is 11.4 Å². The minimum Gasteiger partial charge on any atom is -0.367 e. The maximum Gasteiger partial charge on any atom is 0.161 e. The molecule has 0 spiro atoms. The summed E-state index contributed by atoms with van der Waals surface area (Å²) in [5, 5.41) is 6.80. The Morgan fingerprint density at radius 2 is 2.00 bits per heavy atom. The average Bonchev–Trinajstić information content (AvgIpc) is 2.48. The molecule has 0 radical (unpaired) electrons. The second-order valence-corrected chi connectivity index (χ2v) is 5.40. The van der Waals surface area contributed by atoms with Crippen LogP contribution in [0.15, 0.2) is 30.3 Å². The van der Waals surface area contributed by atoms with Crippen molar-refractivity contribution in [2.45, 2.75) is 25.8 Å². The molecular weight excluding hydrogens is 267 g/mol. The van der Waals surface area contributed by atoms with E-state index in [2.05, 4.69) is 20.6 Å². The van der Waals surface area contributed by atoms with Gasteiger partial charge in [-0.3, -0.25) is 0 Å². The van der Waals surface area contributed by atoms with Crippen LogP contribution in [0.1, 0.15) is 18.5 Å². The number of hydrogen-bond acceptors (Lipinski definition) is 4. The quantitative estimate of drug-likeness (QED) is 0.911. The van der Waals surface area contributed by atoms with Gasteiger partial charge in [-0.1, -0.05) is 12.1 Å². The highest BCUT2D eigenvalue weighted by atomic mass is 19.1. The number of nitrogens with one attached hydrogen (secondary N) is 2. The Bertz CT molecular complexity index is 623. The molecule has 1 aromatic heterocycles. The summed E-state index contributed by atoms with van der Waals surface area (Å²) in [6.07, 6.45) is 2.16. The molecule has 0 unspecified atom stereocenters. The fourth-order valence-corrected chi connectivity index (χ4v) is 2.57. The first-order valence-corrected chi connectivity index (χ1v) is 7.29. The summed E-state index contributed by atoms with van der Waals surface area (Å²) in [5.41, 5.74) is 1.58. The van der Waals surface area contributed by atoms with Crippen LogP contribution in [0.5, 0.6) is 0 Å². The van der Waals surface area contributed by atoms with E-state index in [1.807, 2.05) is 19.1 Å². The molecule has 21 heavy (non-hydrogen) atoms. The topological polar surface area (TPSA) is 49.8 Å². The number of aryl methyl sites for hydroxylation is 1. The standard InChI is InChI=1S/C16H19FN4/c1-11-9-15(20-14-5-7-18-8-6-14)21-16(19-11)12-3-2-4-13(17)10-12/h2-4,9-10,14,18H,5-8H2,1H3,(H,19,20,21). The van der Waals surface area contributed by atoms with Crippen LogP contribution in [0.3, 0.4) is 0 Å². The predicted octanol–water partition coefficient (Wildman–Crippen LogP) is 2.76. The van der Waals surface area contributed by atoms with E-state index in [1.165, 1.54) is 12.1 Å². The van der Waals surface area contributed by atoms with Gasteiger partial charge in [-0.05, 0) is 45.0 Å². The monoisotopic (exact) mass is 286 g/mol. The number of halogens is 1. The van der Waals surface area contributed by atoms with E-state index in [1.54, 1.807) is 6.07 Å². The Labute approximate surface area is 123 Å². The molecule has 110 valence electrons. The molecule has 1 aliphatic heterocycles. The number of aromatic nitrogens is 2. The molecule has 5 heteroatoms. The summed E-state index contributed by atoms with van der Waals surface area (Å²) in [6, 6.07) is 8.75. The zero-order valence-electron chi connectivity index (χ0n) is 12.1.